The SMILES string of the molecule is CC12CC[C@H](O[Si](C)(C)C)C[C@@H]1CCC1C2CCC2(C)C1CC[C@H]2O[Si](C)(C)C. The zero-order valence-corrected chi connectivity index (χ0v) is 22.6. The van der Waals surface area contributed by atoms with Gasteiger partial charge in [-0.1, -0.05) is 13.8 Å². The maximum absolute atomic E-state index is 6.77. The average Bonchev–Trinajstić information content (AvgIpc) is 2.89. The van der Waals surface area contributed by atoms with Crippen LogP contribution >= 0.6 is 0 Å². The molecule has 0 aromatic heterocycles. The molecule has 0 heterocycles. The van der Waals surface area contributed by atoms with Crippen molar-refractivity contribution in [2.75, 3.05) is 0 Å². The Morgan fingerprint density at radius 3 is 1.93 bits per heavy atom. The topological polar surface area (TPSA) is 18.5 Å². The predicted octanol–water partition coefficient (Wildman–Crippen LogP) is 7.47. The second-order valence-corrected chi connectivity index (χ2v) is 22.5. The Morgan fingerprint density at radius 1 is 0.655 bits per heavy atom. The van der Waals surface area contributed by atoms with E-state index in [1.165, 1.54) is 57.8 Å². The molecule has 4 heteroatoms. The molecule has 0 bridgehead atoms. The summed E-state index contributed by atoms with van der Waals surface area (Å²) in [6, 6.07) is 0. The van der Waals surface area contributed by atoms with E-state index in [0.717, 1.165) is 23.7 Å². The summed E-state index contributed by atoms with van der Waals surface area (Å²) >= 11 is 0. The molecule has 4 saturated carbocycles. The maximum Gasteiger partial charge on any atom is 0.184 e. The van der Waals surface area contributed by atoms with Gasteiger partial charge in [0, 0.05) is 6.10 Å². The molecule has 4 aliphatic rings. The van der Waals surface area contributed by atoms with Crippen molar-refractivity contribution in [3.05, 3.63) is 0 Å². The van der Waals surface area contributed by atoms with Gasteiger partial charge in [-0.25, -0.2) is 0 Å². The Balaban J connectivity index is 1.49. The van der Waals surface area contributed by atoms with E-state index in [4.69, 9.17) is 8.85 Å². The Morgan fingerprint density at radius 2 is 1.28 bits per heavy atom. The van der Waals surface area contributed by atoms with Gasteiger partial charge in [-0.3, -0.25) is 0 Å². The molecule has 4 rings (SSSR count). The number of hydrogen-bond acceptors (Lipinski definition) is 2. The highest BCUT2D eigenvalue weighted by atomic mass is 28.4. The third kappa shape index (κ3) is 4.21. The lowest BCUT2D eigenvalue weighted by Crippen LogP contribution is -2.55. The number of fused-ring (bicyclic) bond motifs is 5. The summed E-state index contributed by atoms with van der Waals surface area (Å²) in [7, 11) is -2.90. The van der Waals surface area contributed by atoms with Crippen molar-refractivity contribution in [1.29, 1.82) is 0 Å². The predicted molar refractivity (Wildman–Crippen MR) is 128 cm³/mol. The van der Waals surface area contributed by atoms with E-state index in [1.54, 1.807) is 0 Å². The Kier molecular flexibility index (Phi) is 5.79. The van der Waals surface area contributed by atoms with Crippen LogP contribution in [0.2, 0.25) is 39.3 Å². The van der Waals surface area contributed by atoms with E-state index in [0.29, 0.717) is 23.0 Å². The average molecular weight is 437 g/mol. The second-order valence-electron chi connectivity index (χ2n) is 13.6. The summed E-state index contributed by atoms with van der Waals surface area (Å²) < 4.78 is 13.3. The molecule has 0 spiro atoms. The lowest BCUT2D eigenvalue weighted by Gasteiger charge is -2.61. The van der Waals surface area contributed by atoms with Gasteiger partial charge in [0.2, 0.25) is 0 Å². The fourth-order valence-electron chi connectivity index (χ4n) is 8.40. The highest BCUT2D eigenvalue weighted by Crippen LogP contribution is 2.66. The van der Waals surface area contributed by atoms with Gasteiger partial charge in [0.1, 0.15) is 0 Å². The van der Waals surface area contributed by atoms with Crippen LogP contribution in [0.1, 0.15) is 71.6 Å². The van der Waals surface area contributed by atoms with Gasteiger partial charge < -0.3 is 8.85 Å². The molecule has 0 aliphatic heterocycles. The minimum Gasteiger partial charge on any atom is -0.415 e. The van der Waals surface area contributed by atoms with Gasteiger partial charge in [0.05, 0.1) is 6.10 Å². The summed E-state index contributed by atoms with van der Waals surface area (Å²) in [5.41, 5.74) is 1.02. The summed E-state index contributed by atoms with van der Waals surface area (Å²) in [5.74, 6) is 3.73. The van der Waals surface area contributed by atoms with Gasteiger partial charge in [-0.05, 0) is 132 Å². The largest absolute Gasteiger partial charge is 0.415 e. The molecule has 168 valence electrons. The van der Waals surface area contributed by atoms with E-state index < -0.39 is 16.6 Å². The molecule has 0 N–H and O–H groups in total. The van der Waals surface area contributed by atoms with Crippen molar-refractivity contribution in [2.45, 2.75) is 123 Å². The molecular weight excluding hydrogens is 388 g/mol. The maximum atomic E-state index is 6.77. The first-order valence-electron chi connectivity index (χ1n) is 12.7. The fraction of sp³-hybridized carbons (Fsp3) is 1.00. The Hall–Kier alpha value is 0.354. The van der Waals surface area contributed by atoms with Crippen molar-refractivity contribution in [3.63, 3.8) is 0 Å². The molecule has 2 nitrogen and oxygen atoms in total. The summed E-state index contributed by atoms with van der Waals surface area (Å²) in [4.78, 5) is 0. The van der Waals surface area contributed by atoms with E-state index in [2.05, 4.69) is 53.1 Å². The molecule has 0 aromatic rings. The van der Waals surface area contributed by atoms with Gasteiger partial charge in [-0.15, -0.1) is 0 Å². The van der Waals surface area contributed by atoms with E-state index in [1.807, 2.05) is 0 Å². The standard InChI is InChI=1S/C25H48O2Si2/c1-24-15-13-19(26-28(3,4)5)17-18(24)9-10-20-21-11-12-23(27-29(6,7)8)25(21,2)16-14-22(20)24/h18-23H,9-17H2,1-8H3/t18-,19-,20?,21?,22?,23+,24?,25?/m0/s1. The van der Waals surface area contributed by atoms with Crippen LogP contribution < -0.4 is 0 Å². The zero-order chi connectivity index (χ0) is 21.2. The molecular formula is C25H48O2Si2. The Bertz CT molecular complexity index is 609. The highest BCUT2D eigenvalue weighted by molar-refractivity contribution is 6.70. The lowest BCUT2D eigenvalue weighted by atomic mass is 9.45. The lowest BCUT2D eigenvalue weighted by molar-refractivity contribution is -0.130. The van der Waals surface area contributed by atoms with E-state index in [9.17, 15) is 0 Å². The highest BCUT2D eigenvalue weighted by Gasteiger charge is 2.60. The van der Waals surface area contributed by atoms with Crippen LogP contribution in [0.25, 0.3) is 0 Å². The first-order chi connectivity index (χ1) is 13.3. The molecule has 0 amide bonds. The van der Waals surface area contributed by atoms with Crippen molar-refractivity contribution in [1.82, 2.24) is 0 Å². The van der Waals surface area contributed by atoms with Gasteiger partial charge in [0.25, 0.3) is 0 Å². The summed E-state index contributed by atoms with van der Waals surface area (Å²) in [5, 5.41) is 0. The monoisotopic (exact) mass is 436 g/mol. The first-order valence-corrected chi connectivity index (χ1v) is 19.5. The summed E-state index contributed by atoms with van der Waals surface area (Å²) in [6.45, 7) is 19.5. The van der Waals surface area contributed by atoms with Crippen molar-refractivity contribution in [2.24, 2.45) is 34.5 Å². The Labute approximate surface area is 183 Å². The fourth-order valence-corrected chi connectivity index (χ4v) is 10.9. The second kappa shape index (κ2) is 7.45. The van der Waals surface area contributed by atoms with Crippen LogP contribution in [-0.2, 0) is 8.85 Å². The summed E-state index contributed by atoms with van der Waals surface area (Å²) in [6.07, 6.45) is 13.7. The zero-order valence-electron chi connectivity index (χ0n) is 20.6. The van der Waals surface area contributed by atoms with Crippen molar-refractivity contribution < 1.29 is 8.85 Å². The quantitative estimate of drug-likeness (QED) is 0.425. The van der Waals surface area contributed by atoms with Crippen LogP contribution in [0.5, 0.6) is 0 Å². The van der Waals surface area contributed by atoms with Crippen molar-refractivity contribution in [3.8, 4) is 0 Å². The van der Waals surface area contributed by atoms with Crippen LogP contribution in [0, 0.1) is 34.5 Å². The molecule has 29 heavy (non-hydrogen) atoms. The third-order valence-electron chi connectivity index (χ3n) is 9.55. The third-order valence-corrected chi connectivity index (χ3v) is 11.6. The van der Waals surface area contributed by atoms with Crippen LogP contribution in [-0.4, -0.2) is 28.8 Å². The number of hydrogen-bond donors (Lipinski definition) is 0. The van der Waals surface area contributed by atoms with E-state index >= 15 is 0 Å². The smallest absolute Gasteiger partial charge is 0.184 e. The number of rotatable bonds is 4. The van der Waals surface area contributed by atoms with Crippen LogP contribution in [0.15, 0.2) is 0 Å². The minimum absolute atomic E-state index is 0.447. The van der Waals surface area contributed by atoms with Gasteiger partial charge in [0.15, 0.2) is 16.6 Å². The van der Waals surface area contributed by atoms with Crippen LogP contribution in [0.3, 0.4) is 0 Å². The molecule has 5 unspecified atom stereocenters. The normalized spacial score (nSPS) is 48.0. The molecule has 0 aromatic carbocycles. The van der Waals surface area contributed by atoms with Gasteiger partial charge >= 0.3 is 0 Å². The van der Waals surface area contributed by atoms with Crippen LogP contribution in [0.4, 0.5) is 0 Å². The molecule has 8 atom stereocenters. The van der Waals surface area contributed by atoms with Crippen molar-refractivity contribution >= 4 is 16.6 Å². The van der Waals surface area contributed by atoms with E-state index in [-0.39, 0.29) is 0 Å². The first kappa shape index (κ1) is 22.5. The van der Waals surface area contributed by atoms with Gasteiger partial charge in [-0.2, -0.15) is 0 Å². The minimum atomic E-state index is -1.47. The molecule has 4 fully saturated rings. The molecule has 0 radical (unpaired) electrons. The molecule has 4 aliphatic carbocycles. The molecule has 0 saturated heterocycles.